The van der Waals surface area contributed by atoms with Crippen LogP contribution in [0.4, 0.5) is 5.69 Å². The smallest absolute Gasteiger partial charge is 0.221 e. The first-order valence-electron chi connectivity index (χ1n) is 11.2. The molecule has 0 saturated heterocycles. The number of rotatable bonds is 2. The van der Waals surface area contributed by atoms with Crippen LogP contribution in [0.25, 0.3) is 16.5 Å². The van der Waals surface area contributed by atoms with Crippen LogP contribution >= 0.6 is 11.8 Å². The third-order valence-corrected chi connectivity index (χ3v) is 7.81. The van der Waals surface area contributed by atoms with Crippen LogP contribution in [-0.2, 0) is 4.79 Å². The number of carbonyl (C=O) groups excluding carboxylic acids is 1. The topological polar surface area (TPSA) is 53.9 Å². The van der Waals surface area contributed by atoms with Gasteiger partial charge in [-0.2, -0.15) is 0 Å². The minimum atomic E-state index is -0.192. The third kappa shape index (κ3) is 3.16. The minimum Gasteiger partial charge on any atom is -0.493 e. The number of hydrogen-bond donors (Lipinski definition) is 1. The first-order chi connectivity index (χ1) is 15.9. The molecule has 1 N–H and O–H groups in total. The molecule has 3 aliphatic rings. The number of thioether (sulfide) groups is 1. The van der Waals surface area contributed by atoms with E-state index in [2.05, 4.69) is 78.0 Å². The Labute approximate surface area is 197 Å². The van der Waals surface area contributed by atoms with Crippen LogP contribution in [0, 0.1) is 5.92 Å². The van der Waals surface area contributed by atoms with Gasteiger partial charge < -0.3 is 15.0 Å². The standard InChI is InChI=1S/C27H25N3O2S/c1-16(31)28-19-11-8-18(9-12-19)22-15-33-26-29-25-21(27(2,3)30(22)26)14-32-23-13-10-17-6-4-5-7-20(17)24(23)25/h4-13,15,21,25H,14H2,1-3H3,(H,28,31)/t21-,25-/m0/s1. The van der Waals surface area contributed by atoms with Gasteiger partial charge in [0.05, 0.1) is 18.3 Å². The SMILES string of the molecule is CC(=O)Nc1ccc(C2=CSC3=N[C@@H]4c5c(ccc6ccccc56)OC[C@@H]4C(C)(C)N23)cc1. The van der Waals surface area contributed by atoms with Gasteiger partial charge >= 0.3 is 0 Å². The summed E-state index contributed by atoms with van der Waals surface area (Å²) in [5.41, 5.74) is 4.06. The van der Waals surface area contributed by atoms with Crippen LogP contribution < -0.4 is 10.1 Å². The molecule has 0 aromatic heterocycles. The third-order valence-electron chi connectivity index (χ3n) is 6.97. The molecule has 3 aliphatic heterocycles. The molecule has 3 aromatic rings. The number of ether oxygens (including phenoxy) is 1. The molecular formula is C27H25N3O2S. The molecule has 0 bridgehead atoms. The van der Waals surface area contributed by atoms with Gasteiger partial charge in [0.15, 0.2) is 5.17 Å². The van der Waals surface area contributed by atoms with Crippen molar-refractivity contribution >= 4 is 45.0 Å². The van der Waals surface area contributed by atoms with Gasteiger partial charge in [0.2, 0.25) is 5.91 Å². The van der Waals surface area contributed by atoms with Crippen molar-refractivity contribution in [1.29, 1.82) is 0 Å². The van der Waals surface area contributed by atoms with Crippen molar-refractivity contribution in [3.05, 3.63) is 77.2 Å². The molecule has 0 spiro atoms. The molecule has 0 saturated carbocycles. The second-order valence-corrected chi connectivity index (χ2v) is 10.2. The fourth-order valence-electron chi connectivity index (χ4n) is 5.29. The summed E-state index contributed by atoms with van der Waals surface area (Å²) in [6, 6.07) is 20.8. The van der Waals surface area contributed by atoms with Crippen molar-refractivity contribution < 1.29 is 9.53 Å². The van der Waals surface area contributed by atoms with E-state index in [0.29, 0.717) is 6.61 Å². The van der Waals surface area contributed by atoms with E-state index >= 15 is 0 Å². The number of nitrogens with one attached hydrogen (secondary N) is 1. The minimum absolute atomic E-state index is 0.0588. The molecule has 0 unspecified atom stereocenters. The van der Waals surface area contributed by atoms with Crippen molar-refractivity contribution in [3.8, 4) is 5.75 Å². The zero-order valence-electron chi connectivity index (χ0n) is 18.8. The van der Waals surface area contributed by atoms with E-state index in [0.717, 1.165) is 27.9 Å². The van der Waals surface area contributed by atoms with Crippen molar-refractivity contribution in [1.82, 2.24) is 4.90 Å². The Kier molecular flexibility index (Phi) is 4.56. The normalized spacial score (nSPS) is 22.5. The summed E-state index contributed by atoms with van der Waals surface area (Å²) in [5.74, 6) is 1.09. The van der Waals surface area contributed by atoms with Gasteiger partial charge in [-0.25, -0.2) is 0 Å². The highest BCUT2D eigenvalue weighted by atomic mass is 32.2. The van der Waals surface area contributed by atoms with Crippen LogP contribution in [0.1, 0.15) is 37.9 Å². The molecule has 6 heteroatoms. The first-order valence-corrected chi connectivity index (χ1v) is 12.1. The van der Waals surface area contributed by atoms with E-state index in [9.17, 15) is 4.79 Å². The molecule has 0 fully saturated rings. The molecule has 3 heterocycles. The van der Waals surface area contributed by atoms with Gasteiger partial charge in [-0.3, -0.25) is 9.79 Å². The van der Waals surface area contributed by atoms with Crippen molar-refractivity contribution in [2.45, 2.75) is 32.4 Å². The molecule has 5 nitrogen and oxygen atoms in total. The highest BCUT2D eigenvalue weighted by Crippen LogP contribution is 2.54. The summed E-state index contributed by atoms with van der Waals surface area (Å²) < 4.78 is 6.32. The summed E-state index contributed by atoms with van der Waals surface area (Å²) in [4.78, 5) is 19.0. The Bertz CT molecular complexity index is 1340. The number of aliphatic imine (C=N–C) groups is 1. The average Bonchev–Trinajstić information content (AvgIpc) is 3.24. The Balaban J connectivity index is 1.42. The van der Waals surface area contributed by atoms with Gasteiger partial charge in [-0.1, -0.05) is 54.2 Å². The van der Waals surface area contributed by atoms with E-state index in [-0.39, 0.29) is 23.4 Å². The number of carbonyl (C=O) groups is 1. The highest BCUT2D eigenvalue weighted by molar-refractivity contribution is 8.16. The van der Waals surface area contributed by atoms with Crippen LogP contribution in [0.15, 0.2) is 71.1 Å². The zero-order chi connectivity index (χ0) is 22.7. The van der Waals surface area contributed by atoms with Crippen molar-refractivity contribution in [2.24, 2.45) is 10.9 Å². The summed E-state index contributed by atoms with van der Waals surface area (Å²) in [5, 5.41) is 8.51. The van der Waals surface area contributed by atoms with Crippen LogP contribution in [0.3, 0.4) is 0 Å². The van der Waals surface area contributed by atoms with E-state index in [1.54, 1.807) is 11.8 Å². The van der Waals surface area contributed by atoms with Crippen molar-refractivity contribution in [2.75, 3.05) is 11.9 Å². The lowest BCUT2D eigenvalue weighted by Crippen LogP contribution is -2.56. The fraction of sp³-hybridized carbons (Fsp3) is 0.259. The second-order valence-electron chi connectivity index (χ2n) is 9.34. The van der Waals surface area contributed by atoms with Gasteiger partial charge in [0.25, 0.3) is 0 Å². The number of fused-ring (bicyclic) bond motifs is 6. The quantitative estimate of drug-likeness (QED) is 0.512. The number of amides is 1. The Morgan fingerprint density at radius 3 is 2.70 bits per heavy atom. The summed E-state index contributed by atoms with van der Waals surface area (Å²) in [6.07, 6.45) is 0. The second kappa shape index (κ2) is 7.39. The Morgan fingerprint density at radius 1 is 1.12 bits per heavy atom. The number of nitrogens with zero attached hydrogens (tertiary/aromatic N) is 2. The van der Waals surface area contributed by atoms with Crippen LogP contribution in [0.2, 0.25) is 0 Å². The highest BCUT2D eigenvalue weighted by Gasteiger charge is 2.51. The van der Waals surface area contributed by atoms with Crippen molar-refractivity contribution in [3.63, 3.8) is 0 Å². The molecule has 33 heavy (non-hydrogen) atoms. The van der Waals surface area contributed by atoms with Gasteiger partial charge in [-0.05, 0) is 48.4 Å². The summed E-state index contributed by atoms with van der Waals surface area (Å²) in [7, 11) is 0. The largest absolute Gasteiger partial charge is 0.493 e. The number of benzene rings is 3. The van der Waals surface area contributed by atoms with Gasteiger partial charge in [0.1, 0.15) is 5.75 Å². The van der Waals surface area contributed by atoms with E-state index in [1.807, 2.05) is 12.1 Å². The maximum absolute atomic E-state index is 11.4. The van der Waals surface area contributed by atoms with Gasteiger partial charge in [0, 0.05) is 35.0 Å². The maximum atomic E-state index is 11.4. The fourth-order valence-corrected chi connectivity index (χ4v) is 6.37. The van der Waals surface area contributed by atoms with E-state index in [4.69, 9.17) is 9.73 Å². The molecule has 166 valence electrons. The van der Waals surface area contributed by atoms with E-state index < -0.39 is 0 Å². The molecule has 2 atom stereocenters. The molecule has 6 rings (SSSR count). The number of hydrogen-bond acceptors (Lipinski definition) is 5. The lowest BCUT2D eigenvalue weighted by molar-refractivity contribution is -0.114. The molecule has 3 aromatic carbocycles. The molecule has 0 aliphatic carbocycles. The van der Waals surface area contributed by atoms with Gasteiger partial charge in [-0.15, -0.1) is 0 Å². The first kappa shape index (κ1) is 20.4. The molecule has 1 amide bonds. The zero-order valence-corrected chi connectivity index (χ0v) is 19.6. The molecule has 0 radical (unpaired) electrons. The average molecular weight is 456 g/mol. The lowest BCUT2D eigenvalue weighted by Gasteiger charge is -2.51. The monoisotopic (exact) mass is 455 g/mol. The predicted molar refractivity (Wildman–Crippen MR) is 135 cm³/mol. The maximum Gasteiger partial charge on any atom is 0.221 e. The Hall–Kier alpha value is -3.25. The number of amidine groups is 1. The summed E-state index contributed by atoms with van der Waals surface area (Å²) in [6.45, 7) is 6.75. The van der Waals surface area contributed by atoms with E-state index in [1.165, 1.54) is 23.3 Å². The predicted octanol–water partition coefficient (Wildman–Crippen LogP) is 6.04. The lowest BCUT2D eigenvalue weighted by atomic mass is 9.74. The summed E-state index contributed by atoms with van der Waals surface area (Å²) >= 11 is 1.69. The van der Waals surface area contributed by atoms with Crippen LogP contribution in [-0.4, -0.2) is 28.1 Å². The molecular weight excluding hydrogens is 430 g/mol. The number of anilines is 1. The Morgan fingerprint density at radius 2 is 1.91 bits per heavy atom. The van der Waals surface area contributed by atoms with Crippen LogP contribution in [0.5, 0.6) is 5.75 Å².